The third kappa shape index (κ3) is 3.35. The molecule has 1 atom stereocenters. The SMILES string of the molecule is CCOC(=O)C(F)SC. The summed E-state index contributed by atoms with van der Waals surface area (Å²) >= 11 is 0.832. The first-order valence-electron chi connectivity index (χ1n) is 2.55. The molecule has 0 fully saturated rings. The van der Waals surface area contributed by atoms with Crippen LogP contribution in [0.5, 0.6) is 0 Å². The highest BCUT2D eigenvalue weighted by atomic mass is 32.2. The van der Waals surface area contributed by atoms with Gasteiger partial charge in [0.1, 0.15) is 0 Å². The molecule has 0 saturated heterocycles. The van der Waals surface area contributed by atoms with Crippen LogP contribution in [-0.2, 0) is 9.53 Å². The molecule has 0 saturated carbocycles. The zero-order valence-electron chi connectivity index (χ0n) is 5.39. The third-order valence-electron chi connectivity index (χ3n) is 0.679. The Kier molecular flexibility index (Phi) is 4.48. The van der Waals surface area contributed by atoms with Crippen LogP contribution >= 0.6 is 11.8 Å². The van der Waals surface area contributed by atoms with Crippen molar-refractivity contribution in [1.82, 2.24) is 0 Å². The summed E-state index contributed by atoms with van der Waals surface area (Å²) in [5, 5.41) is 0. The number of carbonyl (C=O) groups is 1. The Morgan fingerprint density at radius 1 is 1.89 bits per heavy atom. The number of halogens is 1. The molecule has 0 aromatic carbocycles. The van der Waals surface area contributed by atoms with E-state index < -0.39 is 11.5 Å². The van der Waals surface area contributed by atoms with E-state index in [2.05, 4.69) is 4.74 Å². The van der Waals surface area contributed by atoms with Gasteiger partial charge in [0.15, 0.2) is 0 Å². The maximum Gasteiger partial charge on any atom is 0.351 e. The van der Waals surface area contributed by atoms with Crippen molar-refractivity contribution in [3.63, 3.8) is 0 Å². The van der Waals surface area contributed by atoms with E-state index in [9.17, 15) is 9.18 Å². The molecule has 0 bridgehead atoms. The molecule has 2 nitrogen and oxygen atoms in total. The maximum atomic E-state index is 12.2. The van der Waals surface area contributed by atoms with Gasteiger partial charge in [-0.15, -0.1) is 11.8 Å². The molecule has 0 aliphatic heterocycles. The first-order chi connectivity index (χ1) is 4.22. The number of esters is 1. The largest absolute Gasteiger partial charge is 0.463 e. The third-order valence-corrected chi connectivity index (χ3v) is 1.29. The van der Waals surface area contributed by atoms with Crippen LogP contribution in [0.3, 0.4) is 0 Å². The highest BCUT2D eigenvalue weighted by Crippen LogP contribution is 2.08. The van der Waals surface area contributed by atoms with Gasteiger partial charge in [0.25, 0.3) is 0 Å². The van der Waals surface area contributed by atoms with E-state index in [1.807, 2.05) is 0 Å². The first kappa shape index (κ1) is 8.75. The average molecular weight is 152 g/mol. The second-order valence-electron chi connectivity index (χ2n) is 1.30. The van der Waals surface area contributed by atoms with Crippen LogP contribution in [0.25, 0.3) is 0 Å². The van der Waals surface area contributed by atoms with Gasteiger partial charge in [-0.2, -0.15) is 0 Å². The van der Waals surface area contributed by atoms with Gasteiger partial charge in [0.05, 0.1) is 6.61 Å². The van der Waals surface area contributed by atoms with Gasteiger partial charge in [-0.05, 0) is 13.2 Å². The molecule has 0 N–H and O–H groups in total. The summed E-state index contributed by atoms with van der Waals surface area (Å²) in [4.78, 5) is 10.4. The van der Waals surface area contributed by atoms with Gasteiger partial charge in [-0.25, -0.2) is 9.18 Å². The predicted octanol–water partition coefficient (Wildman–Crippen LogP) is 1.21. The number of alkyl halides is 1. The molecule has 0 rings (SSSR count). The maximum absolute atomic E-state index is 12.2. The van der Waals surface area contributed by atoms with Crippen LogP contribution in [0.1, 0.15) is 6.92 Å². The molecule has 0 amide bonds. The lowest BCUT2D eigenvalue weighted by molar-refractivity contribution is -0.145. The van der Waals surface area contributed by atoms with E-state index >= 15 is 0 Å². The molecule has 0 aliphatic rings. The number of rotatable bonds is 3. The topological polar surface area (TPSA) is 26.3 Å². The summed E-state index contributed by atoms with van der Waals surface area (Å²) in [7, 11) is 0. The second-order valence-corrected chi connectivity index (χ2v) is 2.19. The van der Waals surface area contributed by atoms with Gasteiger partial charge in [0.2, 0.25) is 5.50 Å². The molecule has 0 aromatic rings. The van der Waals surface area contributed by atoms with Gasteiger partial charge in [-0.3, -0.25) is 0 Å². The van der Waals surface area contributed by atoms with Crippen LogP contribution in [0, 0.1) is 0 Å². The van der Waals surface area contributed by atoms with Crippen molar-refractivity contribution in [3.05, 3.63) is 0 Å². The lowest BCUT2D eigenvalue weighted by Crippen LogP contribution is -2.14. The summed E-state index contributed by atoms with van der Waals surface area (Å²) in [6, 6.07) is 0. The molecule has 0 aromatic heterocycles. The summed E-state index contributed by atoms with van der Waals surface area (Å²) in [6.45, 7) is 1.88. The fraction of sp³-hybridized carbons (Fsp3) is 0.800. The monoisotopic (exact) mass is 152 g/mol. The summed E-state index contributed by atoms with van der Waals surface area (Å²) in [5.41, 5.74) is -1.52. The minimum atomic E-state index is -1.52. The number of hydrogen-bond acceptors (Lipinski definition) is 3. The lowest BCUT2D eigenvalue weighted by atomic mass is 10.7. The molecule has 0 aliphatic carbocycles. The molecule has 0 spiro atoms. The second kappa shape index (κ2) is 4.61. The summed E-state index contributed by atoms with van der Waals surface area (Å²) in [5.74, 6) is -0.787. The smallest absolute Gasteiger partial charge is 0.351 e. The van der Waals surface area contributed by atoms with Crippen molar-refractivity contribution < 1.29 is 13.9 Å². The molecule has 9 heavy (non-hydrogen) atoms. The first-order valence-corrected chi connectivity index (χ1v) is 3.84. The van der Waals surface area contributed by atoms with Crippen LogP contribution in [0.4, 0.5) is 4.39 Å². The Labute approximate surface area is 57.8 Å². The van der Waals surface area contributed by atoms with E-state index in [1.54, 1.807) is 6.92 Å². The van der Waals surface area contributed by atoms with Crippen LogP contribution in [0.15, 0.2) is 0 Å². The highest BCUT2D eigenvalue weighted by Gasteiger charge is 2.15. The van der Waals surface area contributed by atoms with Crippen molar-refractivity contribution in [2.45, 2.75) is 12.4 Å². The normalized spacial score (nSPS) is 12.8. The van der Waals surface area contributed by atoms with Crippen LogP contribution in [-0.4, -0.2) is 24.3 Å². The Balaban J connectivity index is 3.46. The zero-order valence-corrected chi connectivity index (χ0v) is 6.20. The Bertz CT molecular complexity index is 97.0. The van der Waals surface area contributed by atoms with E-state index in [-0.39, 0.29) is 6.61 Å². The fourth-order valence-corrected chi connectivity index (χ4v) is 0.564. The van der Waals surface area contributed by atoms with E-state index in [0.29, 0.717) is 0 Å². The van der Waals surface area contributed by atoms with E-state index in [1.165, 1.54) is 6.26 Å². The van der Waals surface area contributed by atoms with Crippen molar-refractivity contribution in [3.8, 4) is 0 Å². The van der Waals surface area contributed by atoms with Crippen molar-refractivity contribution >= 4 is 17.7 Å². The quantitative estimate of drug-likeness (QED) is 0.568. The Morgan fingerprint density at radius 3 is 2.78 bits per heavy atom. The minimum Gasteiger partial charge on any atom is -0.463 e. The van der Waals surface area contributed by atoms with Crippen LogP contribution < -0.4 is 0 Å². The fourth-order valence-electron chi connectivity index (χ4n) is 0.304. The Hall–Kier alpha value is -0.250. The molecule has 54 valence electrons. The molecular formula is C5H9FO2S. The number of hydrogen-bond donors (Lipinski definition) is 0. The van der Waals surface area contributed by atoms with Crippen molar-refractivity contribution in [2.75, 3.05) is 12.9 Å². The predicted molar refractivity (Wildman–Crippen MR) is 35.0 cm³/mol. The van der Waals surface area contributed by atoms with Gasteiger partial charge in [0, 0.05) is 0 Å². The van der Waals surface area contributed by atoms with Crippen molar-refractivity contribution in [2.24, 2.45) is 0 Å². The molecular weight excluding hydrogens is 143 g/mol. The Morgan fingerprint density at radius 2 is 2.44 bits per heavy atom. The lowest BCUT2D eigenvalue weighted by Gasteiger charge is -2.02. The van der Waals surface area contributed by atoms with Crippen molar-refractivity contribution in [1.29, 1.82) is 0 Å². The van der Waals surface area contributed by atoms with Gasteiger partial charge in [-0.1, -0.05) is 0 Å². The number of carbonyl (C=O) groups excluding carboxylic acids is 1. The number of ether oxygens (including phenoxy) is 1. The highest BCUT2D eigenvalue weighted by molar-refractivity contribution is 7.99. The number of thioether (sulfide) groups is 1. The molecule has 1 unspecified atom stereocenters. The standard InChI is InChI=1S/C5H9FO2S/c1-3-8-5(7)4(6)9-2/h4H,3H2,1-2H3. The van der Waals surface area contributed by atoms with E-state index in [4.69, 9.17) is 0 Å². The summed E-state index contributed by atoms with van der Waals surface area (Å²) < 4.78 is 16.6. The molecule has 0 radical (unpaired) electrons. The van der Waals surface area contributed by atoms with E-state index in [0.717, 1.165) is 11.8 Å². The zero-order chi connectivity index (χ0) is 7.28. The van der Waals surface area contributed by atoms with Gasteiger partial charge < -0.3 is 4.74 Å². The molecule has 0 heterocycles. The van der Waals surface area contributed by atoms with Gasteiger partial charge >= 0.3 is 5.97 Å². The minimum absolute atomic E-state index is 0.236. The average Bonchev–Trinajstić information content (AvgIpc) is 1.87. The van der Waals surface area contributed by atoms with Crippen LogP contribution in [0.2, 0.25) is 0 Å². The summed E-state index contributed by atoms with van der Waals surface area (Å²) in [6.07, 6.45) is 1.52. The molecule has 4 heteroatoms.